The molecule has 0 bridgehead atoms. The molecule has 0 spiro atoms. The second kappa shape index (κ2) is 4.04. The van der Waals surface area contributed by atoms with Crippen LogP contribution in [0.2, 0.25) is 0 Å². The normalized spacial score (nSPS) is 19.7. The first-order valence-electron chi connectivity index (χ1n) is 4.78. The van der Waals surface area contributed by atoms with Crippen LogP contribution in [0.25, 0.3) is 0 Å². The van der Waals surface area contributed by atoms with E-state index < -0.39 is 11.9 Å². The molecule has 1 saturated carbocycles. The van der Waals surface area contributed by atoms with E-state index in [1.54, 1.807) is 5.51 Å². The van der Waals surface area contributed by atoms with Crippen LogP contribution in [-0.4, -0.2) is 20.4 Å². The maximum Gasteiger partial charge on any atom is 0.314 e. The Hall–Kier alpha value is -0.970. The van der Waals surface area contributed by atoms with E-state index in [0.717, 1.165) is 25.7 Å². The lowest BCUT2D eigenvalue weighted by Crippen LogP contribution is -2.20. The second-order valence-corrected chi connectivity index (χ2v) is 4.25. The first-order chi connectivity index (χ1) is 6.79. The summed E-state index contributed by atoms with van der Waals surface area (Å²) in [5.74, 6) is -0.532. The van der Waals surface area contributed by atoms with Gasteiger partial charge in [-0.2, -0.15) is 4.37 Å². The molecular weight excluding hydrogens is 200 g/mol. The fourth-order valence-corrected chi connectivity index (χ4v) is 2.60. The van der Waals surface area contributed by atoms with Crippen molar-refractivity contribution in [1.82, 2.24) is 9.36 Å². The quantitative estimate of drug-likeness (QED) is 0.831. The van der Waals surface area contributed by atoms with Gasteiger partial charge in [0.2, 0.25) is 0 Å². The molecule has 0 aliphatic heterocycles. The van der Waals surface area contributed by atoms with Gasteiger partial charge in [-0.05, 0) is 30.3 Å². The van der Waals surface area contributed by atoms with E-state index in [1.165, 1.54) is 11.5 Å². The van der Waals surface area contributed by atoms with Gasteiger partial charge >= 0.3 is 5.97 Å². The molecule has 1 atom stereocenters. The van der Waals surface area contributed by atoms with Crippen molar-refractivity contribution in [3.05, 3.63) is 11.3 Å². The molecule has 1 aromatic rings. The van der Waals surface area contributed by atoms with E-state index in [9.17, 15) is 4.79 Å². The standard InChI is InChI=1S/C9H12N2O2S/c12-9(13)7(6-3-1-2-4-6)8-10-5-14-11-8/h5-7H,1-4H2,(H,12,13). The molecule has 1 aliphatic rings. The molecule has 1 heterocycles. The van der Waals surface area contributed by atoms with Gasteiger partial charge in [0.1, 0.15) is 11.4 Å². The highest BCUT2D eigenvalue weighted by Crippen LogP contribution is 2.36. The molecule has 0 saturated heterocycles. The summed E-state index contributed by atoms with van der Waals surface area (Å²) < 4.78 is 4.03. The molecule has 0 amide bonds. The van der Waals surface area contributed by atoms with Crippen LogP contribution in [0.15, 0.2) is 5.51 Å². The van der Waals surface area contributed by atoms with Gasteiger partial charge in [-0.3, -0.25) is 4.79 Å². The van der Waals surface area contributed by atoms with E-state index in [1.807, 2.05) is 0 Å². The third kappa shape index (κ3) is 1.77. The summed E-state index contributed by atoms with van der Waals surface area (Å²) in [6.07, 6.45) is 4.27. The first kappa shape index (κ1) is 9.58. The average Bonchev–Trinajstić information content (AvgIpc) is 2.75. The van der Waals surface area contributed by atoms with E-state index >= 15 is 0 Å². The van der Waals surface area contributed by atoms with Crippen LogP contribution in [0.5, 0.6) is 0 Å². The predicted octanol–water partition coefficient (Wildman–Crippen LogP) is 1.90. The molecule has 1 fully saturated rings. The van der Waals surface area contributed by atoms with Crippen molar-refractivity contribution in [2.24, 2.45) is 5.92 Å². The average molecular weight is 212 g/mol. The summed E-state index contributed by atoms with van der Waals surface area (Å²) >= 11 is 1.22. The number of aliphatic carboxylic acids is 1. The van der Waals surface area contributed by atoms with Crippen LogP contribution >= 0.6 is 11.5 Å². The highest BCUT2D eigenvalue weighted by Gasteiger charge is 2.34. The topological polar surface area (TPSA) is 63.1 Å². The molecule has 1 aliphatic carbocycles. The van der Waals surface area contributed by atoms with E-state index in [2.05, 4.69) is 9.36 Å². The van der Waals surface area contributed by atoms with Gasteiger partial charge in [0.05, 0.1) is 0 Å². The molecule has 76 valence electrons. The summed E-state index contributed by atoms with van der Waals surface area (Å²) in [5, 5.41) is 9.13. The van der Waals surface area contributed by atoms with Crippen LogP contribution in [0.3, 0.4) is 0 Å². The molecule has 1 unspecified atom stereocenters. The molecule has 2 rings (SSSR count). The lowest BCUT2D eigenvalue weighted by atomic mass is 9.90. The summed E-state index contributed by atoms with van der Waals surface area (Å²) in [7, 11) is 0. The third-order valence-corrected chi connectivity index (χ3v) is 3.29. The van der Waals surface area contributed by atoms with Crippen molar-refractivity contribution in [2.75, 3.05) is 0 Å². The van der Waals surface area contributed by atoms with Gasteiger partial charge in [-0.1, -0.05) is 12.8 Å². The Morgan fingerprint density at radius 1 is 1.57 bits per heavy atom. The Labute approximate surface area is 86.2 Å². The van der Waals surface area contributed by atoms with Crippen molar-refractivity contribution >= 4 is 17.5 Å². The highest BCUT2D eigenvalue weighted by atomic mass is 32.1. The molecule has 14 heavy (non-hydrogen) atoms. The Kier molecular flexibility index (Phi) is 2.77. The van der Waals surface area contributed by atoms with E-state index in [0.29, 0.717) is 5.82 Å². The van der Waals surface area contributed by atoms with E-state index in [-0.39, 0.29) is 5.92 Å². The Morgan fingerprint density at radius 2 is 2.29 bits per heavy atom. The molecule has 0 aromatic carbocycles. The van der Waals surface area contributed by atoms with Crippen molar-refractivity contribution in [1.29, 1.82) is 0 Å². The smallest absolute Gasteiger partial charge is 0.314 e. The number of rotatable bonds is 3. The van der Waals surface area contributed by atoms with Gasteiger partial charge in [0, 0.05) is 0 Å². The van der Waals surface area contributed by atoms with Gasteiger partial charge in [0.15, 0.2) is 5.82 Å². The zero-order valence-corrected chi connectivity index (χ0v) is 8.54. The third-order valence-electron chi connectivity index (χ3n) is 2.79. The summed E-state index contributed by atoms with van der Waals surface area (Å²) in [4.78, 5) is 15.1. The highest BCUT2D eigenvalue weighted by molar-refractivity contribution is 7.03. The monoisotopic (exact) mass is 212 g/mol. The molecule has 0 radical (unpaired) electrons. The number of hydrogen-bond acceptors (Lipinski definition) is 4. The predicted molar refractivity (Wildman–Crippen MR) is 52.2 cm³/mol. The van der Waals surface area contributed by atoms with Crippen molar-refractivity contribution in [3.63, 3.8) is 0 Å². The number of carboxylic acid groups (broad SMARTS) is 1. The van der Waals surface area contributed by atoms with Crippen molar-refractivity contribution < 1.29 is 9.90 Å². The Balaban J connectivity index is 2.19. The van der Waals surface area contributed by atoms with Crippen LogP contribution in [0, 0.1) is 5.92 Å². The summed E-state index contributed by atoms with van der Waals surface area (Å²) in [5.41, 5.74) is 1.60. The van der Waals surface area contributed by atoms with Crippen molar-refractivity contribution in [3.8, 4) is 0 Å². The van der Waals surface area contributed by atoms with Gasteiger partial charge < -0.3 is 5.11 Å². The lowest BCUT2D eigenvalue weighted by molar-refractivity contribution is -0.140. The lowest BCUT2D eigenvalue weighted by Gasteiger charge is -2.15. The Morgan fingerprint density at radius 3 is 2.79 bits per heavy atom. The van der Waals surface area contributed by atoms with Crippen LogP contribution in [0.1, 0.15) is 37.4 Å². The fourth-order valence-electron chi connectivity index (χ4n) is 2.13. The largest absolute Gasteiger partial charge is 0.481 e. The maximum absolute atomic E-state index is 11.1. The maximum atomic E-state index is 11.1. The molecule has 1 aromatic heterocycles. The van der Waals surface area contributed by atoms with Gasteiger partial charge in [-0.15, -0.1) is 0 Å². The van der Waals surface area contributed by atoms with Gasteiger partial charge in [-0.25, -0.2) is 4.98 Å². The molecule has 1 N–H and O–H groups in total. The number of carboxylic acids is 1. The number of carbonyl (C=O) groups is 1. The molecule has 4 nitrogen and oxygen atoms in total. The molecular formula is C9H12N2O2S. The number of hydrogen-bond donors (Lipinski definition) is 1. The van der Waals surface area contributed by atoms with Gasteiger partial charge in [0.25, 0.3) is 0 Å². The molecule has 5 heteroatoms. The van der Waals surface area contributed by atoms with E-state index in [4.69, 9.17) is 5.11 Å². The minimum atomic E-state index is -0.782. The number of nitrogens with zero attached hydrogens (tertiary/aromatic N) is 2. The zero-order valence-electron chi connectivity index (χ0n) is 7.72. The second-order valence-electron chi connectivity index (χ2n) is 3.65. The van der Waals surface area contributed by atoms with Crippen LogP contribution in [-0.2, 0) is 4.79 Å². The van der Waals surface area contributed by atoms with Crippen LogP contribution in [0.4, 0.5) is 0 Å². The summed E-state index contributed by atoms with van der Waals surface area (Å²) in [6, 6.07) is 0. The SMILES string of the molecule is O=C(O)C(c1ncsn1)C1CCCC1. The Bertz CT molecular complexity index is 307. The first-order valence-corrected chi connectivity index (χ1v) is 5.62. The fraction of sp³-hybridized carbons (Fsp3) is 0.667. The van der Waals surface area contributed by atoms with Crippen LogP contribution < -0.4 is 0 Å². The zero-order chi connectivity index (χ0) is 9.97. The number of aromatic nitrogens is 2. The minimum absolute atomic E-state index is 0.238. The minimum Gasteiger partial charge on any atom is -0.481 e. The van der Waals surface area contributed by atoms with Crippen molar-refractivity contribution in [2.45, 2.75) is 31.6 Å². The summed E-state index contributed by atoms with van der Waals surface area (Å²) in [6.45, 7) is 0.